The van der Waals surface area contributed by atoms with E-state index in [1.54, 1.807) is 6.07 Å². The molecular weight excluding hydrogens is 356 g/mol. The highest BCUT2D eigenvalue weighted by molar-refractivity contribution is 9.10. The minimum Gasteiger partial charge on any atom is -0.297 e. The van der Waals surface area contributed by atoms with Crippen LogP contribution in [0.2, 0.25) is 5.15 Å². The monoisotopic (exact) mass is 368 g/mol. The molecule has 1 aliphatic rings. The summed E-state index contributed by atoms with van der Waals surface area (Å²) in [4.78, 5) is 27.3. The van der Waals surface area contributed by atoms with Gasteiger partial charge < -0.3 is 0 Å². The maximum Gasteiger partial charge on any atom is 0.329 e. The number of benzene rings is 1. The van der Waals surface area contributed by atoms with Gasteiger partial charge in [-0.25, -0.2) is 4.79 Å². The molecule has 3 rings (SSSR count). The molecule has 1 N–H and O–H groups in total. The topological polar surface area (TPSA) is 54.9 Å². The molecule has 2 aromatic rings. The van der Waals surface area contributed by atoms with Crippen LogP contribution in [0.4, 0.5) is 0 Å². The van der Waals surface area contributed by atoms with E-state index >= 15 is 0 Å². The molecule has 0 atom stereocenters. The van der Waals surface area contributed by atoms with E-state index in [9.17, 15) is 9.59 Å². The van der Waals surface area contributed by atoms with E-state index < -0.39 is 5.69 Å². The van der Waals surface area contributed by atoms with Gasteiger partial charge in [0.1, 0.15) is 5.15 Å². The Kier molecular flexibility index (Phi) is 4.04. The molecule has 1 aromatic heterocycles. The Bertz CT molecular complexity index is 793. The molecule has 0 bridgehead atoms. The number of halogens is 2. The van der Waals surface area contributed by atoms with Crippen LogP contribution >= 0.6 is 27.5 Å². The molecule has 0 saturated heterocycles. The van der Waals surface area contributed by atoms with Crippen molar-refractivity contribution in [3.05, 3.63) is 54.7 Å². The average Bonchev–Trinajstić information content (AvgIpc) is 2.38. The summed E-state index contributed by atoms with van der Waals surface area (Å²) >= 11 is 9.53. The van der Waals surface area contributed by atoms with Crippen molar-refractivity contribution in [2.75, 3.05) is 0 Å². The molecule has 110 valence electrons. The van der Waals surface area contributed by atoms with Gasteiger partial charge in [-0.1, -0.05) is 52.2 Å². The summed E-state index contributed by atoms with van der Waals surface area (Å²) < 4.78 is 2.04. The SMILES string of the molecule is O=c1[nH]c(Cl)c(-c2ccccc2Br)c(=O)n1CC1CCC1. The second-order valence-electron chi connectivity index (χ2n) is 5.31. The van der Waals surface area contributed by atoms with E-state index in [0.717, 1.165) is 17.3 Å². The van der Waals surface area contributed by atoms with Crippen molar-refractivity contribution in [1.29, 1.82) is 0 Å². The minimum atomic E-state index is -0.437. The average molecular weight is 370 g/mol. The number of hydrogen-bond donors (Lipinski definition) is 1. The van der Waals surface area contributed by atoms with E-state index in [2.05, 4.69) is 20.9 Å². The van der Waals surface area contributed by atoms with Gasteiger partial charge in [0.25, 0.3) is 5.56 Å². The Morgan fingerprint density at radius 1 is 1.29 bits per heavy atom. The predicted octanol–water partition coefficient (Wildman–Crippen LogP) is 3.42. The Morgan fingerprint density at radius 2 is 2.00 bits per heavy atom. The van der Waals surface area contributed by atoms with Gasteiger partial charge in [0.05, 0.1) is 5.56 Å². The minimum absolute atomic E-state index is 0.0850. The summed E-state index contributed by atoms with van der Waals surface area (Å²) in [6.07, 6.45) is 3.31. The van der Waals surface area contributed by atoms with Gasteiger partial charge in [-0.05, 0) is 24.8 Å². The van der Waals surface area contributed by atoms with E-state index in [4.69, 9.17) is 11.6 Å². The van der Waals surface area contributed by atoms with Crippen molar-refractivity contribution in [2.45, 2.75) is 25.8 Å². The Balaban J connectivity index is 2.17. The number of H-pyrrole nitrogens is 1. The van der Waals surface area contributed by atoms with E-state index in [1.165, 1.54) is 11.0 Å². The summed E-state index contributed by atoms with van der Waals surface area (Å²) in [6, 6.07) is 7.34. The second kappa shape index (κ2) is 5.81. The van der Waals surface area contributed by atoms with Crippen LogP contribution in [-0.4, -0.2) is 9.55 Å². The number of aromatic nitrogens is 2. The number of aromatic amines is 1. The third kappa shape index (κ3) is 2.72. The third-order valence-corrected chi connectivity index (χ3v) is 4.92. The smallest absolute Gasteiger partial charge is 0.297 e. The van der Waals surface area contributed by atoms with Crippen LogP contribution in [-0.2, 0) is 6.54 Å². The van der Waals surface area contributed by atoms with Gasteiger partial charge >= 0.3 is 5.69 Å². The molecule has 1 heterocycles. The number of nitrogens with one attached hydrogen (secondary N) is 1. The lowest BCUT2D eigenvalue weighted by Gasteiger charge is -2.25. The van der Waals surface area contributed by atoms with Crippen molar-refractivity contribution >= 4 is 27.5 Å². The largest absolute Gasteiger partial charge is 0.329 e. The molecule has 1 aliphatic carbocycles. The Hall–Kier alpha value is -1.33. The zero-order chi connectivity index (χ0) is 15.0. The maximum absolute atomic E-state index is 12.7. The van der Waals surface area contributed by atoms with Crippen molar-refractivity contribution < 1.29 is 0 Å². The van der Waals surface area contributed by atoms with Crippen LogP contribution in [0.1, 0.15) is 19.3 Å². The van der Waals surface area contributed by atoms with E-state index in [-0.39, 0.29) is 10.7 Å². The maximum atomic E-state index is 12.7. The van der Waals surface area contributed by atoms with Crippen LogP contribution in [0.5, 0.6) is 0 Å². The molecule has 0 radical (unpaired) electrons. The van der Waals surface area contributed by atoms with Crippen molar-refractivity contribution in [2.24, 2.45) is 5.92 Å². The first kappa shape index (κ1) is 14.6. The van der Waals surface area contributed by atoms with Gasteiger partial charge in [-0.15, -0.1) is 0 Å². The first-order chi connectivity index (χ1) is 10.1. The highest BCUT2D eigenvalue weighted by Gasteiger charge is 2.22. The fourth-order valence-electron chi connectivity index (χ4n) is 2.54. The lowest BCUT2D eigenvalue weighted by Crippen LogP contribution is -2.39. The molecule has 1 aromatic carbocycles. The Labute approximate surface area is 134 Å². The molecule has 6 heteroatoms. The van der Waals surface area contributed by atoms with Gasteiger partial charge in [0.2, 0.25) is 0 Å². The summed E-state index contributed by atoms with van der Waals surface area (Å²) in [6.45, 7) is 0.461. The zero-order valence-corrected chi connectivity index (χ0v) is 13.6. The Morgan fingerprint density at radius 3 is 2.62 bits per heavy atom. The van der Waals surface area contributed by atoms with Gasteiger partial charge in [0.15, 0.2) is 0 Å². The first-order valence-corrected chi connectivity index (χ1v) is 8.02. The molecule has 0 unspecified atom stereocenters. The number of hydrogen-bond acceptors (Lipinski definition) is 2. The standard InChI is InChI=1S/C15H14BrClN2O2/c16-11-7-2-1-6-10(11)12-13(17)18-15(21)19(14(12)20)8-9-4-3-5-9/h1-2,6-7,9H,3-5,8H2,(H,18,21). The molecule has 4 nitrogen and oxygen atoms in total. The zero-order valence-electron chi connectivity index (χ0n) is 11.2. The lowest BCUT2D eigenvalue weighted by atomic mass is 9.85. The third-order valence-electron chi connectivity index (χ3n) is 3.95. The van der Waals surface area contributed by atoms with Gasteiger partial charge in [0, 0.05) is 16.6 Å². The fourth-order valence-corrected chi connectivity index (χ4v) is 3.29. The normalized spacial score (nSPS) is 15.0. The van der Waals surface area contributed by atoms with Gasteiger partial charge in [-0.3, -0.25) is 14.3 Å². The van der Waals surface area contributed by atoms with Crippen molar-refractivity contribution in [1.82, 2.24) is 9.55 Å². The lowest BCUT2D eigenvalue weighted by molar-refractivity contribution is 0.270. The van der Waals surface area contributed by atoms with Crippen LogP contribution in [0.25, 0.3) is 11.1 Å². The molecule has 0 spiro atoms. The molecule has 1 fully saturated rings. The van der Waals surface area contributed by atoms with Crippen LogP contribution in [0, 0.1) is 5.92 Å². The molecule has 0 amide bonds. The second-order valence-corrected chi connectivity index (χ2v) is 6.54. The number of nitrogens with zero attached hydrogens (tertiary/aromatic N) is 1. The van der Waals surface area contributed by atoms with Crippen LogP contribution in [0.15, 0.2) is 38.3 Å². The summed E-state index contributed by atoms with van der Waals surface area (Å²) in [5.41, 5.74) is 0.254. The van der Waals surface area contributed by atoms with E-state index in [1.807, 2.05) is 18.2 Å². The van der Waals surface area contributed by atoms with Crippen LogP contribution in [0.3, 0.4) is 0 Å². The fraction of sp³-hybridized carbons (Fsp3) is 0.333. The highest BCUT2D eigenvalue weighted by atomic mass is 79.9. The predicted molar refractivity (Wildman–Crippen MR) is 86.8 cm³/mol. The number of rotatable bonds is 3. The van der Waals surface area contributed by atoms with Crippen molar-refractivity contribution in [3.63, 3.8) is 0 Å². The van der Waals surface area contributed by atoms with Crippen LogP contribution < -0.4 is 11.2 Å². The van der Waals surface area contributed by atoms with Crippen molar-refractivity contribution in [3.8, 4) is 11.1 Å². The summed E-state index contributed by atoms with van der Waals surface area (Å²) in [5, 5.41) is 0.0850. The molecule has 21 heavy (non-hydrogen) atoms. The highest BCUT2D eigenvalue weighted by Crippen LogP contribution is 2.30. The van der Waals surface area contributed by atoms with Gasteiger partial charge in [-0.2, -0.15) is 0 Å². The van der Waals surface area contributed by atoms with E-state index in [0.29, 0.717) is 23.6 Å². The first-order valence-electron chi connectivity index (χ1n) is 6.85. The summed E-state index contributed by atoms with van der Waals surface area (Å²) in [7, 11) is 0. The molecule has 0 aliphatic heterocycles. The molecule has 1 saturated carbocycles. The molecular formula is C15H14BrClN2O2. The summed E-state index contributed by atoms with van der Waals surface area (Å²) in [5.74, 6) is 0.414. The quantitative estimate of drug-likeness (QED) is 0.843.